The molecule has 2 aromatic carbocycles. The van der Waals surface area contributed by atoms with E-state index in [1.165, 1.54) is 4.90 Å². The fourth-order valence-corrected chi connectivity index (χ4v) is 4.73. The largest absolute Gasteiger partial charge is 0.508 e. The van der Waals surface area contributed by atoms with Crippen LogP contribution in [0.2, 0.25) is 0 Å². The van der Waals surface area contributed by atoms with E-state index in [1.54, 1.807) is 55.5 Å². The van der Waals surface area contributed by atoms with Gasteiger partial charge in [-0.15, -0.1) is 0 Å². The number of nitrogens with zero attached hydrogens (tertiary/aromatic N) is 1. The molecule has 4 unspecified atom stereocenters. The lowest BCUT2D eigenvalue weighted by atomic mass is 10.0. The van der Waals surface area contributed by atoms with Crippen LogP contribution in [0.25, 0.3) is 0 Å². The number of benzene rings is 2. The normalized spacial score (nSPS) is 17.9. The van der Waals surface area contributed by atoms with Crippen molar-refractivity contribution in [2.75, 3.05) is 13.1 Å². The molecule has 3 rings (SSSR count). The molecule has 4 amide bonds. The van der Waals surface area contributed by atoms with Gasteiger partial charge in [-0.1, -0.05) is 56.3 Å². The fraction of sp³-hybridized carbons (Fsp3) is 0.433. The summed E-state index contributed by atoms with van der Waals surface area (Å²) in [6.45, 7) is 4.74. The third kappa shape index (κ3) is 9.58. The highest BCUT2D eigenvalue weighted by molar-refractivity contribution is 5.93. The summed E-state index contributed by atoms with van der Waals surface area (Å²) in [6.07, 6.45) is 0.316. The van der Waals surface area contributed by atoms with Crippen molar-refractivity contribution in [2.45, 2.75) is 64.3 Å². The van der Waals surface area contributed by atoms with E-state index in [0.717, 1.165) is 11.1 Å². The predicted molar refractivity (Wildman–Crippen MR) is 154 cm³/mol. The van der Waals surface area contributed by atoms with E-state index in [9.17, 15) is 34.2 Å². The van der Waals surface area contributed by atoms with Gasteiger partial charge in [0, 0.05) is 6.42 Å². The van der Waals surface area contributed by atoms with Crippen molar-refractivity contribution in [3.05, 3.63) is 65.7 Å². The summed E-state index contributed by atoms with van der Waals surface area (Å²) in [5.74, 6) is -3.11. The molecule has 12 nitrogen and oxygen atoms in total. The Kier molecular flexibility index (Phi) is 11.4. The first kappa shape index (κ1) is 32.1. The number of phenolic OH excluding ortho intramolecular Hbond substituents is 1. The molecule has 0 radical (unpaired) electrons. The molecule has 0 spiro atoms. The number of rotatable bonds is 14. The van der Waals surface area contributed by atoms with E-state index >= 15 is 0 Å². The zero-order valence-corrected chi connectivity index (χ0v) is 24.0. The molecular weight excluding hydrogens is 542 g/mol. The number of hydrogen-bond donors (Lipinski definition) is 6. The lowest BCUT2D eigenvalue weighted by Crippen LogP contribution is -2.54. The Hall–Kier alpha value is -4.45. The number of aliphatic carboxylic acids is 1. The first-order chi connectivity index (χ1) is 19.9. The predicted octanol–water partition coefficient (Wildman–Crippen LogP) is 0.540. The van der Waals surface area contributed by atoms with E-state index < -0.39 is 54.5 Å². The SMILES string of the molecule is CC(C)CC(NC(=O)C(Cc1ccccc1)NC(=O)CNC(=O)CN1C(=O)C(Cc2ccc(O)cc2)NC1C)C(=O)O. The van der Waals surface area contributed by atoms with Crippen LogP contribution in [0.3, 0.4) is 0 Å². The third-order valence-corrected chi connectivity index (χ3v) is 6.88. The number of nitrogens with one attached hydrogen (secondary N) is 4. The maximum atomic E-state index is 13.1. The average molecular weight is 582 g/mol. The van der Waals surface area contributed by atoms with Gasteiger partial charge in [0.25, 0.3) is 0 Å². The third-order valence-electron chi connectivity index (χ3n) is 6.88. The van der Waals surface area contributed by atoms with E-state index in [2.05, 4.69) is 21.3 Å². The van der Waals surface area contributed by atoms with Gasteiger partial charge in [-0.05, 0) is 48.9 Å². The first-order valence-electron chi connectivity index (χ1n) is 13.9. The van der Waals surface area contributed by atoms with Gasteiger partial charge >= 0.3 is 5.97 Å². The highest BCUT2D eigenvalue weighted by Crippen LogP contribution is 2.17. The van der Waals surface area contributed by atoms with Crippen molar-refractivity contribution in [2.24, 2.45) is 5.92 Å². The molecule has 226 valence electrons. The molecule has 0 bridgehead atoms. The molecule has 0 saturated carbocycles. The fourth-order valence-electron chi connectivity index (χ4n) is 4.73. The van der Waals surface area contributed by atoms with Crippen LogP contribution in [0.5, 0.6) is 5.75 Å². The second-order valence-corrected chi connectivity index (χ2v) is 10.8. The van der Waals surface area contributed by atoms with E-state index in [1.807, 2.05) is 19.9 Å². The molecule has 4 atom stereocenters. The summed E-state index contributed by atoms with van der Waals surface area (Å²) in [5.41, 5.74) is 1.61. The van der Waals surface area contributed by atoms with E-state index in [4.69, 9.17) is 0 Å². The molecular formula is C30H39N5O7. The van der Waals surface area contributed by atoms with Crippen LogP contribution in [-0.2, 0) is 36.8 Å². The van der Waals surface area contributed by atoms with Crippen LogP contribution in [-0.4, -0.2) is 82.1 Å². The monoisotopic (exact) mass is 581 g/mol. The second kappa shape index (κ2) is 15.0. The number of carbonyl (C=O) groups excluding carboxylic acids is 4. The van der Waals surface area contributed by atoms with Crippen molar-refractivity contribution in [1.82, 2.24) is 26.2 Å². The maximum Gasteiger partial charge on any atom is 0.326 e. The number of hydrogen-bond acceptors (Lipinski definition) is 7. The van der Waals surface area contributed by atoms with Gasteiger partial charge in [-0.3, -0.25) is 24.5 Å². The van der Waals surface area contributed by atoms with Crippen LogP contribution in [0.1, 0.15) is 38.3 Å². The average Bonchev–Trinajstić information content (AvgIpc) is 3.19. The highest BCUT2D eigenvalue weighted by Gasteiger charge is 2.37. The minimum absolute atomic E-state index is 0.0206. The number of phenols is 1. The van der Waals surface area contributed by atoms with Gasteiger partial charge in [-0.25, -0.2) is 4.79 Å². The van der Waals surface area contributed by atoms with Crippen LogP contribution in [0, 0.1) is 5.92 Å². The maximum absolute atomic E-state index is 13.1. The quantitative estimate of drug-likeness (QED) is 0.187. The molecule has 2 aromatic rings. The van der Waals surface area contributed by atoms with Gasteiger partial charge in [-0.2, -0.15) is 0 Å². The molecule has 0 aliphatic carbocycles. The summed E-state index contributed by atoms with van der Waals surface area (Å²) in [7, 11) is 0. The minimum atomic E-state index is -1.17. The molecule has 0 aromatic heterocycles. The van der Waals surface area contributed by atoms with Crippen molar-refractivity contribution < 1.29 is 34.2 Å². The molecule has 1 fully saturated rings. The van der Waals surface area contributed by atoms with Crippen LogP contribution < -0.4 is 21.3 Å². The number of aromatic hydroxyl groups is 1. The summed E-state index contributed by atoms with van der Waals surface area (Å²) in [6, 6.07) is 12.8. The standard InChI is InChI=1S/C30H39N5O7/c1-18(2)13-25(30(41)42)34-28(39)23(14-20-7-5-4-6-8-20)33-26(37)16-31-27(38)17-35-19(3)32-24(29(35)40)15-21-9-11-22(36)12-10-21/h4-12,18-19,23-25,32,36H,13-17H2,1-3H3,(H,31,38)(H,33,37)(H,34,39)(H,41,42). The van der Waals surface area contributed by atoms with Gasteiger partial charge in [0.2, 0.25) is 23.6 Å². The van der Waals surface area contributed by atoms with Gasteiger partial charge < -0.3 is 31.1 Å². The Labute approximate surface area is 244 Å². The smallest absolute Gasteiger partial charge is 0.326 e. The van der Waals surface area contributed by atoms with Crippen LogP contribution >= 0.6 is 0 Å². The van der Waals surface area contributed by atoms with E-state index in [-0.39, 0.29) is 37.0 Å². The molecule has 1 aliphatic heterocycles. The topological polar surface area (TPSA) is 177 Å². The lowest BCUT2D eigenvalue weighted by molar-refractivity contribution is -0.142. The van der Waals surface area contributed by atoms with Crippen molar-refractivity contribution >= 4 is 29.6 Å². The van der Waals surface area contributed by atoms with Crippen molar-refractivity contribution in [1.29, 1.82) is 0 Å². The molecule has 1 aliphatic rings. The summed E-state index contributed by atoms with van der Waals surface area (Å²) in [4.78, 5) is 64.4. The Morgan fingerprint density at radius 3 is 2.21 bits per heavy atom. The number of carboxylic acids is 1. The first-order valence-corrected chi connectivity index (χ1v) is 13.9. The minimum Gasteiger partial charge on any atom is -0.508 e. The summed E-state index contributed by atoms with van der Waals surface area (Å²) >= 11 is 0. The lowest BCUT2D eigenvalue weighted by Gasteiger charge is -2.23. The zero-order valence-electron chi connectivity index (χ0n) is 24.0. The van der Waals surface area contributed by atoms with Crippen molar-refractivity contribution in [3.63, 3.8) is 0 Å². The zero-order chi connectivity index (χ0) is 30.8. The van der Waals surface area contributed by atoms with Crippen LogP contribution in [0.15, 0.2) is 54.6 Å². The number of carbonyl (C=O) groups is 5. The van der Waals surface area contributed by atoms with Gasteiger partial charge in [0.15, 0.2) is 0 Å². The summed E-state index contributed by atoms with van der Waals surface area (Å²) in [5, 5.41) is 29.8. The molecule has 42 heavy (non-hydrogen) atoms. The Morgan fingerprint density at radius 2 is 1.60 bits per heavy atom. The molecule has 12 heteroatoms. The Bertz CT molecular complexity index is 1250. The molecule has 6 N–H and O–H groups in total. The van der Waals surface area contributed by atoms with Gasteiger partial charge in [0.05, 0.1) is 18.8 Å². The van der Waals surface area contributed by atoms with E-state index in [0.29, 0.717) is 6.42 Å². The van der Waals surface area contributed by atoms with Crippen LogP contribution in [0.4, 0.5) is 0 Å². The summed E-state index contributed by atoms with van der Waals surface area (Å²) < 4.78 is 0. The van der Waals surface area contributed by atoms with Gasteiger partial charge in [0.1, 0.15) is 24.4 Å². The molecule has 1 saturated heterocycles. The Balaban J connectivity index is 1.56. The Morgan fingerprint density at radius 1 is 0.929 bits per heavy atom. The van der Waals surface area contributed by atoms with Crippen molar-refractivity contribution in [3.8, 4) is 5.75 Å². The highest BCUT2D eigenvalue weighted by atomic mass is 16.4. The number of carboxylic acid groups (broad SMARTS) is 1. The second-order valence-electron chi connectivity index (χ2n) is 10.8. The molecule has 1 heterocycles. The number of amides is 4.